The quantitative estimate of drug-likeness (QED) is 0.293. The lowest BCUT2D eigenvalue weighted by Gasteiger charge is -2.11. The van der Waals surface area contributed by atoms with Crippen LogP contribution in [0.4, 0.5) is 0 Å². The Bertz CT molecular complexity index is 498. The van der Waals surface area contributed by atoms with E-state index >= 15 is 0 Å². The average molecular weight is 377 g/mol. The van der Waals surface area contributed by atoms with Crippen molar-refractivity contribution in [2.24, 2.45) is 0 Å². The molecule has 0 saturated carbocycles. The van der Waals surface area contributed by atoms with E-state index in [2.05, 4.69) is 13.0 Å². The number of rotatable bonds is 17. The van der Waals surface area contributed by atoms with Gasteiger partial charge in [-0.3, -0.25) is 0 Å². The third kappa shape index (κ3) is 12.5. The third-order valence-electron chi connectivity index (χ3n) is 5.13. The van der Waals surface area contributed by atoms with Crippen LogP contribution in [0.2, 0.25) is 0 Å². The summed E-state index contributed by atoms with van der Waals surface area (Å²) in [6.45, 7) is 3.83. The lowest BCUT2D eigenvalue weighted by Crippen LogP contribution is -2.22. The number of carboxylic acid groups (broad SMARTS) is 1. The van der Waals surface area contributed by atoms with E-state index in [1.165, 1.54) is 89.0 Å². The number of benzene rings is 1. The molecule has 1 unspecified atom stereocenters. The zero-order chi connectivity index (χ0) is 19.7. The van der Waals surface area contributed by atoms with Crippen LogP contribution in [-0.2, 0) is 11.2 Å². The molecule has 1 atom stereocenters. The Kier molecular flexibility index (Phi) is 13.5. The molecule has 0 spiro atoms. The van der Waals surface area contributed by atoms with Crippen LogP contribution >= 0.6 is 0 Å². The van der Waals surface area contributed by atoms with Crippen LogP contribution in [0, 0.1) is 0 Å². The van der Waals surface area contributed by atoms with Gasteiger partial charge in [0.1, 0.15) is 5.75 Å². The highest BCUT2D eigenvalue weighted by atomic mass is 16.5. The highest BCUT2D eigenvalue weighted by Gasteiger charge is 2.12. The van der Waals surface area contributed by atoms with Crippen LogP contribution in [0.15, 0.2) is 24.3 Å². The topological polar surface area (TPSA) is 46.5 Å². The molecular formula is C24H40O3. The van der Waals surface area contributed by atoms with E-state index in [1.54, 1.807) is 6.92 Å². The normalized spacial score (nSPS) is 12.1. The molecule has 0 radical (unpaired) electrons. The number of hydrogen-bond acceptors (Lipinski definition) is 2. The van der Waals surface area contributed by atoms with Crippen molar-refractivity contribution in [3.8, 4) is 5.75 Å². The van der Waals surface area contributed by atoms with E-state index in [-0.39, 0.29) is 0 Å². The Labute approximate surface area is 166 Å². The Morgan fingerprint density at radius 3 is 1.93 bits per heavy atom. The summed E-state index contributed by atoms with van der Waals surface area (Å²) in [5.74, 6) is -0.283. The van der Waals surface area contributed by atoms with E-state index in [0.717, 1.165) is 6.42 Å². The Hall–Kier alpha value is -1.51. The van der Waals surface area contributed by atoms with Crippen molar-refractivity contribution in [2.75, 3.05) is 0 Å². The maximum absolute atomic E-state index is 10.9. The zero-order valence-electron chi connectivity index (χ0n) is 17.5. The fourth-order valence-electron chi connectivity index (χ4n) is 3.38. The highest BCUT2D eigenvalue weighted by Crippen LogP contribution is 2.18. The number of carboxylic acids is 1. The minimum absolute atomic E-state index is 0.650. The molecule has 1 aromatic carbocycles. The van der Waals surface area contributed by atoms with Gasteiger partial charge in [-0.2, -0.15) is 0 Å². The maximum atomic E-state index is 10.9. The number of aliphatic carboxylic acids is 1. The molecule has 0 bridgehead atoms. The fraction of sp³-hybridized carbons (Fsp3) is 0.708. The van der Waals surface area contributed by atoms with Crippen molar-refractivity contribution < 1.29 is 14.6 Å². The Morgan fingerprint density at radius 1 is 0.889 bits per heavy atom. The monoisotopic (exact) mass is 376 g/mol. The van der Waals surface area contributed by atoms with Crippen molar-refractivity contribution in [3.63, 3.8) is 0 Å². The summed E-state index contributed by atoms with van der Waals surface area (Å²) in [7, 11) is 0. The van der Waals surface area contributed by atoms with E-state index in [4.69, 9.17) is 9.84 Å². The van der Waals surface area contributed by atoms with E-state index in [0.29, 0.717) is 5.75 Å². The molecule has 0 aliphatic heterocycles. The predicted molar refractivity (Wildman–Crippen MR) is 114 cm³/mol. The van der Waals surface area contributed by atoms with Gasteiger partial charge in [-0.25, -0.2) is 4.79 Å². The average Bonchev–Trinajstić information content (AvgIpc) is 2.65. The second kappa shape index (κ2) is 15.5. The fourth-order valence-corrected chi connectivity index (χ4v) is 3.38. The lowest BCUT2D eigenvalue weighted by atomic mass is 10.0. The summed E-state index contributed by atoms with van der Waals surface area (Å²) in [5.41, 5.74) is 1.23. The van der Waals surface area contributed by atoms with Gasteiger partial charge in [0.15, 0.2) is 6.10 Å². The molecule has 154 valence electrons. The molecular weight excluding hydrogens is 336 g/mol. The van der Waals surface area contributed by atoms with Crippen molar-refractivity contribution >= 4 is 5.97 Å². The first-order valence-electron chi connectivity index (χ1n) is 11.1. The minimum atomic E-state index is -0.933. The summed E-state index contributed by atoms with van der Waals surface area (Å²) >= 11 is 0. The van der Waals surface area contributed by atoms with Crippen LogP contribution in [0.1, 0.15) is 103 Å². The summed E-state index contributed by atoms with van der Waals surface area (Å²) in [5, 5.41) is 8.92. The Morgan fingerprint density at radius 2 is 1.41 bits per heavy atom. The first-order valence-corrected chi connectivity index (χ1v) is 11.1. The smallest absolute Gasteiger partial charge is 0.344 e. The van der Waals surface area contributed by atoms with Crippen molar-refractivity contribution in [2.45, 2.75) is 110 Å². The molecule has 0 aliphatic rings. The minimum Gasteiger partial charge on any atom is -0.479 e. The van der Waals surface area contributed by atoms with E-state index in [9.17, 15) is 4.79 Å². The van der Waals surface area contributed by atoms with Gasteiger partial charge in [0.2, 0.25) is 0 Å². The zero-order valence-corrected chi connectivity index (χ0v) is 17.5. The number of ether oxygens (including phenoxy) is 1. The third-order valence-corrected chi connectivity index (χ3v) is 5.13. The van der Waals surface area contributed by atoms with Crippen molar-refractivity contribution in [1.82, 2.24) is 0 Å². The van der Waals surface area contributed by atoms with Crippen molar-refractivity contribution in [3.05, 3.63) is 29.8 Å². The van der Waals surface area contributed by atoms with Crippen LogP contribution in [-0.4, -0.2) is 17.2 Å². The summed E-state index contributed by atoms with van der Waals surface area (Å²) in [4.78, 5) is 10.9. The molecule has 0 amide bonds. The predicted octanol–water partition coefficient (Wildman–Crippen LogP) is 7.17. The molecule has 0 fully saturated rings. The maximum Gasteiger partial charge on any atom is 0.344 e. The molecule has 0 saturated heterocycles. The van der Waals surface area contributed by atoms with E-state index in [1.807, 2.05) is 18.2 Å². The van der Waals surface area contributed by atoms with E-state index < -0.39 is 12.1 Å². The van der Waals surface area contributed by atoms with Gasteiger partial charge in [-0.1, -0.05) is 96.1 Å². The van der Waals surface area contributed by atoms with Crippen LogP contribution in [0.25, 0.3) is 0 Å². The molecule has 3 heteroatoms. The summed E-state index contributed by atoms with van der Waals surface area (Å²) in [6.07, 6.45) is 18.0. The molecule has 1 aromatic rings. The molecule has 1 rings (SSSR count). The van der Waals surface area contributed by atoms with Crippen LogP contribution in [0.5, 0.6) is 5.75 Å². The van der Waals surface area contributed by atoms with Gasteiger partial charge >= 0.3 is 5.97 Å². The first kappa shape index (κ1) is 23.5. The van der Waals surface area contributed by atoms with Gasteiger partial charge in [0.05, 0.1) is 0 Å². The summed E-state index contributed by atoms with van der Waals surface area (Å²) in [6, 6.07) is 7.84. The van der Waals surface area contributed by atoms with Gasteiger partial charge in [0.25, 0.3) is 0 Å². The molecule has 0 heterocycles. The van der Waals surface area contributed by atoms with Gasteiger partial charge in [0, 0.05) is 0 Å². The molecule has 1 N–H and O–H groups in total. The van der Waals surface area contributed by atoms with Gasteiger partial charge < -0.3 is 9.84 Å². The molecule has 3 nitrogen and oxygen atoms in total. The number of carbonyl (C=O) groups is 1. The second-order valence-electron chi connectivity index (χ2n) is 7.74. The van der Waals surface area contributed by atoms with Crippen LogP contribution < -0.4 is 4.74 Å². The molecule has 0 aliphatic carbocycles. The number of aryl methyl sites for hydroxylation is 1. The summed E-state index contributed by atoms with van der Waals surface area (Å²) < 4.78 is 5.44. The highest BCUT2D eigenvalue weighted by molar-refractivity contribution is 5.72. The SMILES string of the molecule is CCCCCCCCCCCCCCCc1cccc(OC(C)C(=O)O)c1. The largest absolute Gasteiger partial charge is 0.479 e. The first-order chi connectivity index (χ1) is 13.1. The molecule has 27 heavy (non-hydrogen) atoms. The second-order valence-corrected chi connectivity index (χ2v) is 7.74. The van der Waals surface area contributed by atoms with Gasteiger partial charge in [-0.15, -0.1) is 0 Å². The van der Waals surface area contributed by atoms with Crippen molar-refractivity contribution in [1.29, 1.82) is 0 Å². The Balaban J connectivity index is 2.00. The number of unbranched alkanes of at least 4 members (excludes halogenated alkanes) is 12. The van der Waals surface area contributed by atoms with Crippen LogP contribution in [0.3, 0.4) is 0 Å². The standard InChI is InChI=1S/C24H40O3/c1-3-4-5-6-7-8-9-10-11-12-13-14-15-17-22-18-16-19-23(20-22)27-21(2)24(25)26/h16,18-21H,3-15,17H2,1-2H3,(H,25,26). The lowest BCUT2D eigenvalue weighted by molar-refractivity contribution is -0.144. The molecule has 0 aromatic heterocycles. The number of hydrogen-bond donors (Lipinski definition) is 1. The van der Waals surface area contributed by atoms with Gasteiger partial charge in [-0.05, 0) is 37.5 Å².